The highest BCUT2D eigenvalue weighted by Crippen LogP contribution is 2.19. The van der Waals surface area contributed by atoms with Crippen molar-refractivity contribution in [3.8, 4) is 5.75 Å². The van der Waals surface area contributed by atoms with Gasteiger partial charge in [-0.3, -0.25) is 4.99 Å². The fourth-order valence-electron chi connectivity index (χ4n) is 2.20. The van der Waals surface area contributed by atoms with Gasteiger partial charge in [-0.25, -0.2) is 4.98 Å². The van der Waals surface area contributed by atoms with Gasteiger partial charge >= 0.3 is 6.18 Å². The summed E-state index contributed by atoms with van der Waals surface area (Å²) >= 11 is 5.75. The molecule has 5 nitrogen and oxygen atoms in total. The van der Waals surface area contributed by atoms with Gasteiger partial charge in [-0.1, -0.05) is 29.8 Å². The molecule has 0 saturated heterocycles. The van der Waals surface area contributed by atoms with Crippen LogP contribution < -0.4 is 15.4 Å². The molecule has 146 valence electrons. The minimum Gasteiger partial charge on any atom is -0.484 e. The molecule has 0 aliphatic carbocycles. The molecule has 0 aliphatic rings. The maximum atomic E-state index is 12.2. The van der Waals surface area contributed by atoms with Crippen LogP contribution in [-0.4, -0.2) is 37.3 Å². The van der Waals surface area contributed by atoms with Gasteiger partial charge in [0, 0.05) is 26.3 Å². The summed E-state index contributed by atoms with van der Waals surface area (Å²) in [6, 6.07) is 10.1. The lowest BCUT2D eigenvalue weighted by Gasteiger charge is -2.13. The van der Waals surface area contributed by atoms with E-state index in [1.165, 1.54) is 6.07 Å². The maximum absolute atomic E-state index is 12.2. The van der Waals surface area contributed by atoms with Crippen molar-refractivity contribution in [3.63, 3.8) is 0 Å². The molecule has 2 rings (SSSR count). The van der Waals surface area contributed by atoms with Gasteiger partial charge in [0.2, 0.25) is 0 Å². The van der Waals surface area contributed by atoms with E-state index in [0.717, 1.165) is 17.5 Å². The Bertz CT molecular complexity index is 751. The van der Waals surface area contributed by atoms with Crippen LogP contribution in [0, 0.1) is 0 Å². The van der Waals surface area contributed by atoms with E-state index in [4.69, 9.17) is 16.3 Å². The number of aromatic nitrogens is 1. The summed E-state index contributed by atoms with van der Waals surface area (Å²) in [6.45, 7) is -0.282. The average molecular weight is 401 g/mol. The number of rotatable bonds is 7. The van der Waals surface area contributed by atoms with Gasteiger partial charge in [0.05, 0.1) is 0 Å². The Kier molecular flexibility index (Phi) is 7.72. The summed E-state index contributed by atoms with van der Waals surface area (Å²) in [7, 11) is 1.64. The summed E-state index contributed by atoms with van der Waals surface area (Å²) in [4.78, 5) is 8.14. The summed E-state index contributed by atoms with van der Waals surface area (Å²) < 4.78 is 41.4. The number of ether oxygens (including phenoxy) is 1. The Labute approximate surface area is 160 Å². The largest absolute Gasteiger partial charge is 0.484 e. The molecular formula is C18H20ClF3N4O. The Morgan fingerprint density at radius 2 is 2.00 bits per heavy atom. The SMILES string of the molecule is CN=C(NCCc1ccc(Cl)nc1)NCc1cccc(OCC(F)(F)F)c1. The van der Waals surface area contributed by atoms with Crippen LogP contribution in [0.2, 0.25) is 5.15 Å². The molecule has 0 amide bonds. The number of nitrogens with one attached hydrogen (secondary N) is 2. The minimum absolute atomic E-state index is 0.171. The van der Waals surface area contributed by atoms with Crippen molar-refractivity contribution in [2.45, 2.75) is 19.1 Å². The third-order valence-corrected chi connectivity index (χ3v) is 3.70. The number of hydrogen-bond donors (Lipinski definition) is 2. The molecule has 2 N–H and O–H groups in total. The molecule has 27 heavy (non-hydrogen) atoms. The second-order valence-corrected chi connectivity index (χ2v) is 6.03. The number of nitrogens with zero attached hydrogens (tertiary/aromatic N) is 2. The van der Waals surface area contributed by atoms with Crippen molar-refractivity contribution in [1.29, 1.82) is 0 Å². The van der Waals surface area contributed by atoms with Crippen LogP contribution in [0.5, 0.6) is 5.75 Å². The maximum Gasteiger partial charge on any atom is 0.422 e. The van der Waals surface area contributed by atoms with E-state index in [0.29, 0.717) is 24.2 Å². The quantitative estimate of drug-likeness (QED) is 0.423. The molecule has 0 fully saturated rings. The van der Waals surface area contributed by atoms with Crippen molar-refractivity contribution >= 4 is 17.6 Å². The zero-order valence-corrected chi connectivity index (χ0v) is 15.4. The lowest BCUT2D eigenvalue weighted by Crippen LogP contribution is -2.37. The number of pyridine rings is 1. The van der Waals surface area contributed by atoms with E-state index < -0.39 is 12.8 Å². The van der Waals surface area contributed by atoms with Gasteiger partial charge < -0.3 is 15.4 Å². The second kappa shape index (κ2) is 10.0. The predicted octanol–water partition coefficient (Wildman–Crippen LogP) is 3.58. The van der Waals surface area contributed by atoms with Gasteiger partial charge in [-0.15, -0.1) is 0 Å². The van der Waals surface area contributed by atoms with Crippen molar-refractivity contribution in [3.05, 3.63) is 58.9 Å². The van der Waals surface area contributed by atoms with E-state index >= 15 is 0 Å². The van der Waals surface area contributed by atoms with Crippen LogP contribution in [0.3, 0.4) is 0 Å². The predicted molar refractivity (Wildman–Crippen MR) is 99.1 cm³/mol. The lowest BCUT2D eigenvalue weighted by atomic mass is 10.2. The van der Waals surface area contributed by atoms with E-state index in [9.17, 15) is 13.2 Å². The smallest absolute Gasteiger partial charge is 0.422 e. The van der Waals surface area contributed by atoms with Gasteiger partial charge in [0.25, 0.3) is 0 Å². The van der Waals surface area contributed by atoms with Crippen molar-refractivity contribution in [2.75, 3.05) is 20.2 Å². The van der Waals surface area contributed by atoms with Gasteiger partial charge in [0.1, 0.15) is 10.9 Å². The first-order valence-corrected chi connectivity index (χ1v) is 8.57. The number of aliphatic imine (C=N–C) groups is 1. The molecule has 0 saturated carbocycles. The monoisotopic (exact) mass is 400 g/mol. The van der Waals surface area contributed by atoms with Crippen LogP contribution in [0.15, 0.2) is 47.6 Å². The molecule has 2 aromatic rings. The third-order valence-electron chi connectivity index (χ3n) is 3.48. The second-order valence-electron chi connectivity index (χ2n) is 5.64. The first-order chi connectivity index (χ1) is 12.9. The zero-order valence-electron chi connectivity index (χ0n) is 14.7. The topological polar surface area (TPSA) is 58.5 Å². The highest BCUT2D eigenvalue weighted by Gasteiger charge is 2.28. The van der Waals surface area contributed by atoms with Crippen molar-refractivity contribution in [2.24, 2.45) is 4.99 Å². The van der Waals surface area contributed by atoms with Gasteiger partial charge in [-0.2, -0.15) is 13.2 Å². The third kappa shape index (κ3) is 8.17. The van der Waals surface area contributed by atoms with Gasteiger partial charge in [-0.05, 0) is 35.7 Å². The van der Waals surface area contributed by atoms with Crippen LogP contribution in [0.1, 0.15) is 11.1 Å². The first-order valence-electron chi connectivity index (χ1n) is 8.19. The van der Waals surface area contributed by atoms with E-state index in [2.05, 4.69) is 20.6 Å². The Hall–Kier alpha value is -2.48. The van der Waals surface area contributed by atoms with E-state index in [-0.39, 0.29) is 5.75 Å². The van der Waals surface area contributed by atoms with Crippen LogP contribution in [0.4, 0.5) is 13.2 Å². The summed E-state index contributed by atoms with van der Waals surface area (Å²) in [5.74, 6) is 0.753. The molecule has 1 heterocycles. The summed E-state index contributed by atoms with van der Waals surface area (Å²) in [5.41, 5.74) is 1.82. The molecular weight excluding hydrogens is 381 g/mol. The minimum atomic E-state index is -4.36. The fraction of sp³-hybridized carbons (Fsp3) is 0.333. The number of benzene rings is 1. The Morgan fingerprint density at radius 1 is 1.19 bits per heavy atom. The van der Waals surface area contributed by atoms with Crippen molar-refractivity contribution < 1.29 is 17.9 Å². The molecule has 0 bridgehead atoms. The highest BCUT2D eigenvalue weighted by molar-refractivity contribution is 6.29. The first kappa shape index (κ1) is 20.8. The lowest BCUT2D eigenvalue weighted by molar-refractivity contribution is -0.153. The van der Waals surface area contributed by atoms with Crippen LogP contribution in [-0.2, 0) is 13.0 Å². The highest BCUT2D eigenvalue weighted by atomic mass is 35.5. The normalized spacial score (nSPS) is 12.0. The number of hydrogen-bond acceptors (Lipinski definition) is 3. The summed E-state index contributed by atoms with van der Waals surface area (Å²) in [6.07, 6.45) is -1.90. The van der Waals surface area contributed by atoms with E-state index in [1.54, 1.807) is 37.5 Å². The van der Waals surface area contributed by atoms with Crippen LogP contribution >= 0.6 is 11.6 Å². The molecule has 9 heteroatoms. The number of alkyl halides is 3. The molecule has 0 aliphatic heterocycles. The van der Waals surface area contributed by atoms with E-state index in [1.807, 2.05) is 6.07 Å². The molecule has 0 radical (unpaired) electrons. The Morgan fingerprint density at radius 3 is 2.67 bits per heavy atom. The molecule has 0 atom stereocenters. The zero-order chi connectivity index (χ0) is 19.7. The Balaban J connectivity index is 1.79. The molecule has 0 spiro atoms. The summed E-state index contributed by atoms with van der Waals surface area (Å²) in [5, 5.41) is 6.72. The fourth-order valence-corrected chi connectivity index (χ4v) is 2.31. The molecule has 0 unspecified atom stereocenters. The standard InChI is InChI=1S/C18H20ClF3N4O/c1-23-17(24-8-7-13-5-6-16(19)25-10-13)26-11-14-3-2-4-15(9-14)27-12-18(20,21)22/h2-6,9-10H,7-8,11-12H2,1H3,(H2,23,24,26). The number of halogens is 4. The molecule has 1 aromatic heterocycles. The van der Waals surface area contributed by atoms with Crippen molar-refractivity contribution in [1.82, 2.24) is 15.6 Å². The average Bonchev–Trinajstić information content (AvgIpc) is 2.64. The number of guanidine groups is 1. The molecule has 1 aromatic carbocycles. The van der Waals surface area contributed by atoms with Gasteiger partial charge in [0.15, 0.2) is 12.6 Å². The van der Waals surface area contributed by atoms with Crippen LogP contribution in [0.25, 0.3) is 0 Å².